The number of hydrogen-bond acceptors (Lipinski definition) is 5. The summed E-state index contributed by atoms with van der Waals surface area (Å²) >= 11 is 0. The lowest BCUT2D eigenvalue weighted by atomic mass is 9.90. The van der Waals surface area contributed by atoms with E-state index in [9.17, 15) is 14.9 Å². The molecule has 2 heterocycles. The summed E-state index contributed by atoms with van der Waals surface area (Å²) in [6.07, 6.45) is 10.00. The zero-order chi connectivity index (χ0) is 16.9. The smallest absolute Gasteiger partial charge is 0.319 e. The lowest BCUT2D eigenvalue weighted by Crippen LogP contribution is -2.45. The summed E-state index contributed by atoms with van der Waals surface area (Å²) in [5, 5.41) is 20.7. The summed E-state index contributed by atoms with van der Waals surface area (Å²) in [4.78, 5) is 26.4. The Bertz CT molecular complexity index is 718. The van der Waals surface area contributed by atoms with E-state index in [1.54, 1.807) is 6.20 Å². The molecule has 3 rings (SSSR count). The van der Waals surface area contributed by atoms with Gasteiger partial charge in [-0.1, -0.05) is 12.8 Å². The van der Waals surface area contributed by atoms with E-state index in [-0.39, 0.29) is 23.5 Å². The Morgan fingerprint density at radius 3 is 2.92 bits per heavy atom. The monoisotopic (exact) mass is 330 g/mol. The lowest BCUT2D eigenvalue weighted by molar-refractivity contribution is -0.384. The molecule has 1 saturated carbocycles. The van der Waals surface area contributed by atoms with Crippen molar-refractivity contribution in [2.24, 2.45) is 0 Å². The molecular formula is C15H18N6O3. The van der Waals surface area contributed by atoms with Crippen molar-refractivity contribution < 1.29 is 9.72 Å². The minimum absolute atomic E-state index is 0.0699. The van der Waals surface area contributed by atoms with Crippen LogP contribution in [0.3, 0.4) is 0 Å². The average Bonchev–Trinajstić information content (AvgIpc) is 3.10. The molecule has 0 unspecified atom stereocenters. The third-order valence-corrected chi connectivity index (χ3v) is 4.16. The Labute approximate surface area is 138 Å². The molecule has 24 heavy (non-hydrogen) atoms. The van der Waals surface area contributed by atoms with Crippen molar-refractivity contribution in [3.8, 4) is 0 Å². The average molecular weight is 330 g/mol. The SMILES string of the molecule is O=C(Nc1ccncc1[N+](=O)[O-])N[C@@H]1CCCC[C@H]1n1cccn1. The number of urea groups is 1. The van der Waals surface area contributed by atoms with Crippen LogP contribution in [0.4, 0.5) is 16.2 Å². The van der Waals surface area contributed by atoms with E-state index >= 15 is 0 Å². The molecule has 0 spiro atoms. The van der Waals surface area contributed by atoms with Crippen LogP contribution in [0.15, 0.2) is 36.9 Å². The van der Waals surface area contributed by atoms with E-state index in [0.717, 1.165) is 31.9 Å². The molecule has 9 heteroatoms. The number of carbonyl (C=O) groups excluding carboxylic acids is 1. The number of rotatable bonds is 4. The maximum atomic E-state index is 12.3. The van der Waals surface area contributed by atoms with Gasteiger partial charge in [0.25, 0.3) is 0 Å². The fourth-order valence-corrected chi connectivity index (χ4v) is 3.04. The zero-order valence-electron chi connectivity index (χ0n) is 13.0. The molecule has 126 valence electrons. The number of anilines is 1. The van der Waals surface area contributed by atoms with Crippen LogP contribution >= 0.6 is 0 Å². The molecule has 2 amide bonds. The van der Waals surface area contributed by atoms with Gasteiger partial charge in [-0.3, -0.25) is 19.8 Å². The number of nitrogens with one attached hydrogen (secondary N) is 2. The maximum Gasteiger partial charge on any atom is 0.319 e. The molecule has 2 N–H and O–H groups in total. The van der Waals surface area contributed by atoms with E-state index in [1.165, 1.54) is 12.3 Å². The summed E-state index contributed by atoms with van der Waals surface area (Å²) in [7, 11) is 0. The van der Waals surface area contributed by atoms with Gasteiger partial charge in [0.2, 0.25) is 0 Å². The fourth-order valence-electron chi connectivity index (χ4n) is 3.04. The largest absolute Gasteiger partial charge is 0.333 e. The van der Waals surface area contributed by atoms with Crippen molar-refractivity contribution in [3.05, 3.63) is 47.0 Å². The highest BCUT2D eigenvalue weighted by atomic mass is 16.6. The number of nitrogens with zero attached hydrogens (tertiary/aromatic N) is 4. The minimum atomic E-state index is -0.574. The van der Waals surface area contributed by atoms with Crippen molar-refractivity contribution in [1.82, 2.24) is 20.1 Å². The molecule has 1 aliphatic carbocycles. The molecule has 9 nitrogen and oxygen atoms in total. The highest BCUT2D eigenvalue weighted by Crippen LogP contribution is 2.28. The molecule has 2 atom stereocenters. The summed E-state index contributed by atoms with van der Waals surface area (Å²) in [6.45, 7) is 0. The first-order valence-electron chi connectivity index (χ1n) is 7.80. The molecule has 1 aliphatic rings. The molecule has 0 aliphatic heterocycles. The van der Waals surface area contributed by atoms with E-state index in [4.69, 9.17) is 0 Å². The number of carbonyl (C=O) groups is 1. The van der Waals surface area contributed by atoms with Crippen molar-refractivity contribution in [2.45, 2.75) is 37.8 Å². The normalized spacial score (nSPS) is 20.3. The fraction of sp³-hybridized carbons (Fsp3) is 0.400. The third kappa shape index (κ3) is 3.50. The molecule has 0 radical (unpaired) electrons. The van der Waals surface area contributed by atoms with Gasteiger partial charge in [-0.15, -0.1) is 0 Å². The van der Waals surface area contributed by atoms with Crippen LogP contribution in [-0.4, -0.2) is 31.8 Å². The molecule has 2 aromatic heterocycles. The van der Waals surface area contributed by atoms with Crippen molar-refractivity contribution in [1.29, 1.82) is 0 Å². The van der Waals surface area contributed by atoms with Crippen LogP contribution < -0.4 is 10.6 Å². The van der Waals surface area contributed by atoms with Gasteiger partial charge in [0, 0.05) is 18.6 Å². The first-order chi connectivity index (χ1) is 11.6. The van der Waals surface area contributed by atoms with Gasteiger partial charge in [0.1, 0.15) is 11.9 Å². The lowest BCUT2D eigenvalue weighted by Gasteiger charge is -2.32. The first-order valence-corrected chi connectivity index (χ1v) is 7.80. The Hall–Kier alpha value is -2.97. The van der Waals surface area contributed by atoms with Gasteiger partial charge in [-0.2, -0.15) is 5.10 Å². The van der Waals surface area contributed by atoms with Gasteiger partial charge in [-0.05, 0) is 25.0 Å². The minimum Gasteiger partial charge on any atom is -0.333 e. The summed E-state index contributed by atoms with van der Waals surface area (Å²) < 4.78 is 1.86. The quantitative estimate of drug-likeness (QED) is 0.660. The van der Waals surface area contributed by atoms with Gasteiger partial charge in [-0.25, -0.2) is 4.79 Å². The summed E-state index contributed by atoms with van der Waals surface area (Å²) in [6, 6.07) is 2.81. The predicted molar refractivity (Wildman–Crippen MR) is 86.6 cm³/mol. The van der Waals surface area contributed by atoms with Gasteiger partial charge in [0.05, 0.1) is 17.0 Å². The van der Waals surface area contributed by atoms with Crippen LogP contribution in [0.5, 0.6) is 0 Å². The topological polar surface area (TPSA) is 115 Å². The number of amides is 2. The van der Waals surface area contributed by atoms with E-state index in [1.807, 2.05) is 16.9 Å². The number of hydrogen-bond donors (Lipinski definition) is 2. The number of aromatic nitrogens is 3. The Morgan fingerprint density at radius 1 is 1.33 bits per heavy atom. The van der Waals surface area contributed by atoms with Crippen LogP contribution in [0.25, 0.3) is 0 Å². The second kappa shape index (κ2) is 7.07. The molecule has 0 saturated heterocycles. The van der Waals surface area contributed by atoms with Gasteiger partial charge < -0.3 is 10.6 Å². The standard InChI is InChI=1S/C15H18N6O3/c22-15(19-12-6-8-16-10-14(12)21(23)24)18-11-4-1-2-5-13(11)20-9-3-7-17-20/h3,6-11,13H,1-2,4-5H2,(H2,16,18,19,22)/t11-,13-/m1/s1. The van der Waals surface area contributed by atoms with Crippen LogP contribution in [0, 0.1) is 10.1 Å². The van der Waals surface area contributed by atoms with Gasteiger partial charge >= 0.3 is 11.7 Å². The number of nitro groups is 1. The molecule has 1 fully saturated rings. The number of pyridine rings is 1. The maximum absolute atomic E-state index is 12.3. The predicted octanol–water partition coefficient (Wildman–Crippen LogP) is 2.49. The van der Waals surface area contributed by atoms with Crippen molar-refractivity contribution in [3.63, 3.8) is 0 Å². The molecular weight excluding hydrogens is 312 g/mol. The van der Waals surface area contributed by atoms with Crippen LogP contribution in [0.1, 0.15) is 31.7 Å². The van der Waals surface area contributed by atoms with E-state index < -0.39 is 11.0 Å². The summed E-state index contributed by atoms with van der Waals surface area (Å²) in [5.41, 5.74) is -0.112. The molecule has 2 aromatic rings. The molecule has 0 aromatic carbocycles. The first kappa shape index (κ1) is 15.9. The van der Waals surface area contributed by atoms with Crippen LogP contribution in [-0.2, 0) is 0 Å². The van der Waals surface area contributed by atoms with Crippen LogP contribution in [0.2, 0.25) is 0 Å². The highest BCUT2D eigenvalue weighted by molar-refractivity contribution is 5.91. The Kier molecular flexibility index (Phi) is 4.69. The Balaban J connectivity index is 1.69. The highest BCUT2D eigenvalue weighted by Gasteiger charge is 2.28. The molecule has 0 bridgehead atoms. The third-order valence-electron chi connectivity index (χ3n) is 4.16. The summed E-state index contributed by atoms with van der Waals surface area (Å²) in [5.74, 6) is 0. The van der Waals surface area contributed by atoms with E-state index in [2.05, 4.69) is 20.7 Å². The zero-order valence-corrected chi connectivity index (χ0v) is 13.0. The van der Waals surface area contributed by atoms with Crippen molar-refractivity contribution in [2.75, 3.05) is 5.32 Å². The second-order valence-corrected chi connectivity index (χ2v) is 5.69. The Morgan fingerprint density at radius 2 is 2.17 bits per heavy atom. The van der Waals surface area contributed by atoms with E-state index in [0.29, 0.717) is 0 Å². The van der Waals surface area contributed by atoms with Crippen molar-refractivity contribution >= 4 is 17.4 Å². The second-order valence-electron chi connectivity index (χ2n) is 5.69. The van der Waals surface area contributed by atoms with Gasteiger partial charge in [0.15, 0.2) is 0 Å².